The van der Waals surface area contributed by atoms with Crippen LogP contribution in [0.5, 0.6) is 0 Å². The summed E-state index contributed by atoms with van der Waals surface area (Å²) in [5, 5.41) is 0. The molecule has 1 atom stereocenters. The molecule has 0 radical (unpaired) electrons. The molecule has 0 aliphatic heterocycles. The van der Waals surface area contributed by atoms with Crippen LogP contribution in [0, 0.1) is 0 Å². The van der Waals surface area contributed by atoms with Crippen molar-refractivity contribution < 1.29 is 70.2 Å². The van der Waals surface area contributed by atoms with Gasteiger partial charge in [-0.05, 0) is 0 Å². The van der Waals surface area contributed by atoms with E-state index < -0.39 is 0 Å². The Hall–Kier alpha value is 1.79. The molecule has 0 bridgehead atoms. The summed E-state index contributed by atoms with van der Waals surface area (Å²) >= 11 is 0. The van der Waals surface area contributed by atoms with E-state index in [9.17, 15) is 0 Å². The summed E-state index contributed by atoms with van der Waals surface area (Å²) in [5.41, 5.74) is 0. The molecule has 1 unspecified atom stereocenters. The first-order chi connectivity index (χ1) is 0. The first kappa shape index (κ1) is 112. The Labute approximate surface area is 79.0 Å². The SMILES string of the molecule is F.F.F.P.[F-].[K+]. The first-order valence-corrected chi connectivity index (χ1v) is 0. The second-order valence-electron chi connectivity index (χ2n) is 0. The maximum atomic E-state index is 0. The Morgan fingerprint density at radius 1 is 0.667 bits per heavy atom. The Kier molecular flexibility index (Phi) is 1330. The van der Waals surface area contributed by atoms with Gasteiger partial charge in [-0.25, -0.2) is 0 Å². The van der Waals surface area contributed by atoms with Crippen molar-refractivity contribution in [1.29, 1.82) is 0 Å². The van der Waals surface area contributed by atoms with Crippen LogP contribution < -0.4 is 56.1 Å². The standard InChI is InChI=1S/4FH.K.H3P/h4*1H;;1H3/q;;;;+1;/p-1. The Morgan fingerprint density at radius 2 is 0.667 bits per heavy atom. The van der Waals surface area contributed by atoms with Crippen LogP contribution in [-0.4, -0.2) is 0 Å². The minimum absolute atomic E-state index is 0. The van der Waals surface area contributed by atoms with Crippen molar-refractivity contribution in [2.24, 2.45) is 0 Å². The van der Waals surface area contributed by atoms with E-state index >= 15 is 0 Å². The summed E-state index contributed by atoms with van der Waals surface area (Å²) in [6.45, 7) is 0. The molecule has 0 spiro atoms. The van der Waals surface area contributed by atoms with Gasteiger partial charge in [-0.1, -0.05) is 0 Å². The van der Waals surface area contributed by atoms with Gasteiger partial charge >= 0.3 is 51.4 Å². The molecule has 40 valence electrons. The second kappa shape index (κ2) is 71.2. The zero-order valence-electron chi connectivity index (χ0n) is 3.31. The maximum absolute atomic E-state index is 0. The summed E-state index contributed by atoms with van der Waals surface area (Å²) in [4.78, 5) is 0. The second-order valence-corrected chi connectivity index (χ2v) is 0. The van der Waals surface area contributed by atoms with Gasteiger partial charge in [-0.3, -0.25) is 14.1 Å². The third-order valence-electron chi connectivity index (χ3n) is 0. The van der Waals surface area contributed by atoms with Crippen LogP contribution >= 0.6 is 9.90 Å². The fourth-order valence-corrected chi connectivity index (χ4v) is 0. The molecule has 0 saturated carbocycles. The molecule has 0 aromatic carbocycles. The van der Waals surface area contributed by atoms with E-state index in [0.717, 1.165) is 0 Å². The molecular weight excluding hydrogens is 146 g/mol. The van der Waals surface area contributed by atoms with Crippen LogP contribution in [0.15, 0.2) is 0 Å². The van der Waals surface area contributed by atoms with Gasteiger partial charge in [0.2, 0.25) is 0 Å². The van der Waals surface area contributed by atoms with Crippen molar-refractivity contribution in [3.63, 3.8) is 0 Å². The fourth-order valence-electron chi connectivity index (χ4n) is 0. The summed E-state index contributed by atoms with van der Waals surface area (Å²) in [6, 6.07) is 0. The molecule has 0 aromatic rings. The Balaban J connectivity index is 0. The predicted molar refractivity (Wildman–Crippen MR) is 18.6 cm³/mol. The fraction of sp³-hybridized carbons (Fsp3) is 0. The van der Waals surface area contributed by atoms with Crippen molar-refractivity contribution in [1.82, 2.24) is 0 Å². The minimum atomic E-state index is 0. The molecular formula is H6F4KP. The number of hydrogen-bond acceptors (Lipinski definition) is 0. The average molecular weight is 152 g/mol. The van der Waals surface area contributed by atoms with E-state index in [1.807, 2.05) is 0 Å². The molecule has 6 heavy (non-hydrogen) atoms. The van der Waals surface area contributed by atoms with E-state index in [0.29, 0.717) is 0 Å². The third kappa shape index (κ3) is 41.5. The quantitative estimate of drug-likeness (QED) is 0.184. The smallest absolute Gasteiger partial charge is 1.00 e. The maximum Gasteiger partial charge on any atom is 1.00 e. The molecule has 0 saturated heterocycles. The van der Waals surface area contributed by atoms with Gasteiger partial charge in [-0.15, -0.1) is 0 Å². The van der Waals surface area contributed by atoms with E-state index in [4.69, 9.17) is 0 Å². The van der Waals surface area contributed by atoms with E-state index in [-0.39, 0.29) is 80.1 Å². The van der Waals surface area contributed by atoms with Crippen LogP contribution in [0.3, 0.4) is 0 Å². The summed E-state index contributed by atoms with van der Waals surface area (Å²) in [5.74, 6) is 0. The van der Waals surface area contributed by atoms with Gasteiger partial charge in [-0.2, -0.15) is 9.90 Å². The minimum Gasteiger partial charge on any atom is -1.00 e. The monoisotopic (exact) mass is 152 g/mol. The molecule has 0 aliphatic carbocycles. The molecule has 0 nitrogen and oxygen atoms in total. The largest absolute Gasteiger partial charge is 1.00 e. The molecule has 6 heteroatoms. The molecule has 0 amide bonds. The zero-order valence-corrected chi connectivity index (χ0v) is 7.85. The summed E-state index contributed by atoms with van der Waals surface area (Å²) < 4.78 is 0. The van der Waals surface area contributed by atoms with E-state index in [2.05, 4.69) is 0 Å². The third-order valence-corrected chi connectivity index (χ3v) is 0. The van der Waals surface area contributed by atoms with Crippen LogP contribution in [0.2, 0.25) is 0 Å². The van der Waals surface area contributed by atoms with Gasteiger partial charge in [0, 0.05) is 0 Å². The average Bonchev–Trinajstić information content (AvgIpc) is 0. The van der Waals surface area contributed by atoms with Crippen LogP contribution in [-0.2, 0) is 0 Å². The molecule has 0 N–H and O–H groups in total. The normalized spacial score (nSPS) is 0. The summed E-state index contributed by atoms with van der Waals surface area (Å²) in [6.07, 6.45) is 0. The molecule has 0 fully saturated rings. The van der Waals surface area contributed by atoms with Crippen LogP contribution in [0.1, 0.15) is 0 Å². The Morgan fingerprint density at radius 3 is 0.667 bits per heavy atom. The van der Waals surface area contributed by atoms with Gasteiger partial charge in [0.15, 0.2) is 0 Å². The van der Waals surface area contributed by atoms with Crippen molar-refractivity contribution in [2.45, 2.75) is 0 Å². The number of halogens is 4. The molecule has 0 aromatic heterocycles. The number of hydrogen-bond donors (Lipinski definition) is 0. The molecule has 0 heterocycles. The topological polar surface area (TPSA) is 0 Å². The van der Waals surface area contributed by atoms with E-state index in [1.165, 1.54) is 0 Å². The van der Waals surface area contributed by atoms with Gasteiger partial charge in [0.05, 0.1) is 0 Å². The summed E-state index contributed by atoms with van der Waals surface area (Å²) in [7, 11) is 0. The van der Waals surface area contributed by atoms with Crippen molar-refractivity contribution in [2.75, 3.05) is 0 Å². The first-order valence-electron chi connectivity index (χ1n) is 0. The zero-order chi connectivity index (χ0) is 0. The molecule has 0 rings (SSSR count). The van der Waals surface area contributed by atoms with Crippen molar-refractivity contribution in [3.8, 4) is 0 Å². The van der Waals surface area contributed by atoms with Crippen LogP contribution in [0.4, 0.5) is 14.1 Å². The van der Waals surface area contributed by atoms with Crippen molar-refractivity contribution >= 4 is 9.90 Å². The van der Waals surface area contributed by atoms with Gasteiger partial charge in [0.25, 0.3) is 0 Å². The van der Waals surface area contributed by atoms with Crippen LogP contribution in [0.25, 0.3) is 0 Å². The van der Waals surface area contributed by atoms with Gasteiger partial charge in [0.1, 0.15) is 0 Å². The Bertz CT molecular complexity index is 7.51. The van der Waals surface area contributed by atoms with Crippen molar-refractivity contribution in [3.05, 3.63) is 0 Å². The molecule has 0 aliphatic rings. The van der Waals surface area contributed by atoms with E-state index in [1.54, 1.807) is 0 Å². The predicted octanol–water partition coefficient (Wildman–Crippen LogP) is -5.48. The number of rotatable bonds is 0. The van der Waals surface area contributed by atoms with Gasteiger partial charge < -0.3 is 4.70 Å².